The number of phenolic OH excluding ortho intramolecular Hbond substituents is 1. The summed E-state index contributed by atoms with van der Waals surface area (Å²) < 4.78 is 5.33. The number of aryl methyl sites for hydroxylation is 2. The van der Waals surface area contributed by atoms with Crippen molar-refractivity contribution in [3.8, 4) is 5.75 Å². The molecule has 5 heteroatoms. The molecule has 4 rings (SSSR count). The van der Waals surface area contributed by atoms with Crippen molar-refractivity contribution in [3.63, 3.8) is 0 Å². The number of benzene rings is 2. The zero-order valence-corrected chi connectivity index (χ0v) is 17.4. The molecule has 152 valence electrons. The number of rotatable bonds is 4. The van der Waals surface area contributed by atoms with E-state index in [4.69, 9.17) is 4.42 Å². The third-order valence-corrected chi connectivity index (χ3v) is 6.09. The summed E-state index contributed by atoms with van der Waals surface area (Å²) in [6.07, 6.45) is 0.731. The van der Waals surface area contributed by atoms with Gasteiger partial charge in [0.05, 0.1) is 0 Å². The largest absolute Gasteiger partial charge is 0.508 e. The van der Waals surface area contributed by atoms with Crippen LogP contribution in [0.3, 0.4) is 0 Å². The lowest BCUT2D eigenvalue weighted by Gasteiger charge is -2.37. The Labute approximate surface area is 171 Å². The average molecular weight is 392 g/mol. The van der Waals surface area contributed by atoms with Gasteiger partial charge in [0.15, 0.2) is 0 Å². The highest BCUT2D eigenvalue weighted by atomic mass is 16.4. The monoisotopic (exact) mass is 392 g/mol. The Morgan fingerprint density at radius 3 is 2.52 bits per heavy atom. The third kappa shape index (κ3) is 3.87. The minimum absolute atomic E-state index is 0.183. The number of piperazine rings is 1. The van der Waals surface area contributed by atoms with Gasteiger partial charge in [0.25, 0.3) is 0 Å². The Bertz CT molecular complexity index is 1100. The van der Waals surface area contributed by atoms with E-state index in [0.717, 1.165) is 49.1 Å². The number of hydrogen-bond donors (Lipinski definition) is 1. The molecule has 1 aromatic heterocycles. The van der Waals surface area contributed by atoms with Crippen molar-refractivity contribution in [3.05, 3.63) is 69.1 Å². The van der Waals surface area contributed by atoms with Gasteiger partial charge in [0, 0.05) is 55.9 Å². The van der Waals surface area contributed by atoms with E-state index < -0.39 is 0 Å². The molecule has 3 aromatic rings. The van der Waals surface area contributed by atoms with E-state index in [1.165, 1.54) is 16.8 Å². The Kier molecular flexibility index (Phi) is 5.33. The number of nitrogens with zero attached hydrogens (tertiary/aromatic N) is 2. The van der Waals surface area contributed by atoms with E-state index in [-0.39, 0.29) is 11.4 Å². The van der Waals surface area contributed by atoms with Crippen LogP contribution in [0, 0.1) is 13.8 Å². The van der Waals surface area contributed by atoms with Gasteiger partial charge in [-0.1, -0.05) is 19.1 Å². The molecule has 0 radical (unpaired) electrons. The first-order valence-electron chi connectivity index (χ1n) is 10.3. The molecule has 1 fully saturated rings. The van der Waals surface area contributed by atoms with Crippen LogP contribution in [0.1, 0.15) is 29.2 Å². The van der Waals surface area contributed by atoms with Gasteiger partial charge in [-0.05, 0) is 54.7 Å². The first-order chi connectivity index (χ1) is 14.0. The van der Waals surface area contributed by atoms with E-state index in [9.17, 15) is 9.90 Å². The summed E-state index contributed by atoms with van der Waals surface area (Å²) in [5, 5.41) is 11.0. The fourth-order valence-electron chi connectivity index (χ4n) is 4.19. The zero-order valence-electron chi connectivity index (χ0n) is 17.4. The highest BCUT2D eigenvalue weighted by molar-refractivity contribution is 5.82. The quantitative estimate of drug-likeness (QED) is 0.680. The van der Waals surface area contributed by atoms with E-state index in [1.54, 1.807) is 12.1 Å². The normalized spacial score (nSPS) is 15.2. The lowest BCUT2D eigenvalue weighted by atomic mass is 10.0. The minimum Gasteiger partial charge on any atom is -0.508 e. The molecule has 0 bridgehead atoms. The second kappa shape index (κ2) is 7.91. The summed E-state index contributed by atoms with van der Waals surface area (Å²) in [6.45, 7) is 10.9. The topological polar surface area (TPSA) is 56.9 Å². The van der Waals surface area contributed by atoms with E-state index in [0.29, 0.717) is 12.1 Å². The molecule has 2 heterocycles. The molecule has 0 aliphatic carbocycles. The molecule has 29 heavy (non-hydrogen) atoms. The Balaban J connectivity index is 1.54. The predicted molar refractivity (Wildman–Crippen MR) is 117 cm³/mol. The number of phenols is 1. The van der Waals surface area contributed by atoms with E-state index >= 15 is 0 Å². The second-order valence-electron chi connectivity index (χ2n) is 7.90. The maximum absolute atomic E-state index is 12.0. The van der Waals surface area contributed by atoms with Crippen LogP contribution in [-0.4, -0.2) is 36.2 Å². The van der Waals surface area contributed by atoms with Crippen molar-refractivity contribution in [2.75, 3.05) is 31.1 Å². The lowest BCUT2D eigenvalue weighted by molar-refractivity contribution is 0.250. The first kappa shape index (κ1) is 19.5. The third-order valence-electron chi connectivity index (χ3n) is 6.09. The van der Waals surface area contributed by atoms with Crippen LogP contribution < -0.4 is 10.5 Å². The molecular formula is C24H28N2O3. The number of aromatic hydroxyl groups is 1. The van der Waals surface area contributed by atoms with Gasteiger partial charge < -0.3 is 14.4 Å². The zero-order chi connectivity index (χ0) is 20.5. The van der Waals surface area contributed by atoms with Gasteiger partial charge in [-0.25, -0.2) is 4.79 Å². The lowest BCUT2D eigenvalue weighted by Crippen LogP contribution is -2.46. The summed E-state index contributed by atoms with van der Waals surface area (Å²) >= 11 is 0. The van der Waals surface area contributed by atoms with Crippen LogP contribution in [0.5, 0.6) is 5.75 Å². The van der Waals surface area contributed by atoms with E-state index in [2.05, 4.69) is 41.8 Å². The summed E-state index contributed by atoms with van der Waals surface area (Å²) in [5.74, 6) is 0.183. The molecule has 0 unspecified atom stereocenters. The second-order valence-corrected chi connectivity index (χ2v) is 7.90. The van der Waals surface area contributed by atoms with Crippen molar-refractivity contribution >= 4 is 16.7 Å². The maximum atomic E-state index is 12.0. The van der Waals surface area contributed by atoms with Crippen molar-refractivity contribution in [2.45, 2.75) is 33.7 Å². The van der Waals surface area contributed by atoms with Gasteiger partial charge >= 0.3 is 5.63 Å². The summed E-state index contributed by atoms with van der Waals surface area (Å²) in [4.78, 5) is 16.9. The summed E-state index contributed by atoms with van der Waals surface area (Å²) in [7, 11) is 0. The van der Waals surface area contributed by atoms with Crippen molar-refractivity contribution in [1.29, 1.82) is 0 Å². The van der Waals surface area contributed by atoms with Crippen LogP contribution in [0.2, 0.25) is 0 Å². The van der Waals surface area contributed by atoms with Gasteiger partial charge in [-0.2, -0.15) is 0 Å². The van der Waals surface area contributed by atoms with Crippen LogP contribution in [-0.2, 0) is 13.0 Å². The van der Waals surface area contributed by atoms with Crippen molar-refractivity contribution in [2.24, 2.45) is 0 Å². The SMILES string of the molecule is CCc1cc2c(CN3CCN(c4cccc(C)c4C)CC3)cc(=O)oc2cc1O. The molecular weight excluding hydrogens is 364 g/mol. The fourth-order valence-corrected chi connectivity index (χ4v) is 4.19. The maximum Gasteiger partial charge on any atom is 0.336 e. The van der Waals surface area contributed by atoms with Crippen molar-refractivity contribution in [1.82, 2.24) is 4.90 Å². The predicted octanol–water partition coefficient (Wildman–Crippen LogP) is 4.00. The van der Waals surface area contributed by atoms with Crippen LogP contribution in [0.25, 0.3) is 11.0 Å². The average Bonchev–Trinajstić information content (AvgIpc) is 2.70. The molecule has 0 spiro atoms. The van der Waals surface area contributed by atoms with Crippen molar-refractivity contribution < 1.29 is 9.52 Å². The Morgan fingerprint density at radius 2 is 1.79 bits per heavy atom. The van der Waals surface area contributed by atoms with Crippen LogP contribution in [0.4, 0.5) is 5.69 Å². The first-order valence-corrected chi connectivity index (χ1v) is 10.3. The fraction of sp³-hybridized carbons (Fsp3) is 0.375. The standard InChI is InChI=1S/C24H28N2O3/c1-4-18-12-20-19(13-24(28)29-23(20)14-22(18)27)15-25-8-10-26(11-9-25)21-7-5-6-16(2)17(21)3/h5-7,12-14,27H,4,8-11,15H2,1-3H3. The highest BCUT2D eigenvalue weighted by Crippen LogP contribution is 2.28. The van der Waals surface area contributed by atoms with E-state index in [1.807, 2.05) is 13.0 Å². The Hall–Kier alpha value is -2.79. The number of anilines is 1. The number of fused-ring (bicyclic) bond motifs is 1. The molecule has 1 aliphatic heterocycles. The molecule has 5 nitrogen and oxygen atoms in total. The van der Waals surface area contributed by atoms with Gasteiger partial charge in [-0.3, -0.25) is 4.90 Å². The smallest absolute Gasteiger partial charge is 0.336 e. The molecule has 0 atom stereocenters. The molecule has 0 amide bonds. The highest BCUT2D eigenvalue weighted by Gasteiger charge is 2.20. The van der Waals surface area contributed by atoms with Crippen LogP contribution in [0.15, 0.2) is 45.6 Å². The van der Waals surface area contributed by atoms with Gasteiger partial charge in [0.2, 0.25) is 0 Å². The van der Waals surface area contributed by atoms with Gasteiger partial charge in [0.1, 0.15) is 11.3 Å². The van der Waals surface area contributed by atoms with Gasteiger partial charge in [-0.15, -0.1) is 0 Å². The molecule has 1 N–H and O–H groups in total. The molecule has 1 aliphatic rings. The molecule has 0 saturated carbocycles. The minimum atomic E-state index is -0.370. The van der Waals surface area contributed by atoms with Crippen LogP contribution >= 0.6 is 0 Å². The summed E-state index contributed by atoms with van der Waals surface area (Å²) in [5.41, 5.74) is 5.90. The number of hydrogen-bond acceptors (Lipinski definition) is 5. The molecule has 1 saturated heterocycles. The molecule has 2 aromatic carbocycles. The summed E-state index contributed by atoms with van der Waals surface area (Å²) in [6, 6.07) is 11.6. The Morgan fingerprint density at radius 1 is 1.03 bits per heavy atom.